The van der Waals surface area contributed by atoms with Crippen molar-refractivity contribution in [2.45, 2.75) is 6.42 Å². The number of benzene rings is 1. The minimum Gasteiger partial charge on any atom is -0.269 e. The third kappa shape index (κ3) is 2.37. The molecule has 5 nitrogen and oxygen atoms in total. The normalized spacial score (nSPS) is 9.94. The van der Waals surface area contributed by atoms with Crippen molar-refractivity contribution in [3.05, 3.63) is 34.0 Å². The van der Waals surface area contributed by atoms with E-state index in [4.69, 9.17) is 11.6 Å². The van der Waals surface area contributed by atoms with Crippen molar-refractivity contribution in [3.63, 3.8) is 0 Å². The fraction of sp³-hybridized carbons (Fsp3) is 0.182. The Hall–Kier alpha value is -2.06. The van der Waals surface area contributed by atoms with Crippen LogP contribution in [-0.2, 0) is 0 Å². The van der Waals surface area contributed by atoms with Gasteiger partial charge in [-0.15, -0.1) is 11.6 Å². The van der Waals surface area contributed by atoms with E-state index in [1.165, 1.54) is 12.1 Å². The molecule has 1 heterocycles. The topological polar surface area (TPSA) is 71.8 Å². The van der Waals surface area contributed by atoms with Gasteiger partial charge in [0, 0.05) is 29.8 Å². The highest BCUT2D eigenvalue weighted by molar-refractivity contribution is 6.18. The smallest absolute Gasteiger partial charge is 0.269 e. The Morgan fingerprint density at radius 3 is 3.06 bits per heavy atom. The zero-order valence-electron chi connectivity index (χ0n) is 8.74. The highest BCUT2D eigenvalue weighted by Gasteiger charge is 2.09. The second-order valence-electron chi connectivity index (χ2n) is 3.30. The summed E-state index contributed by atoms with van der Waals surface area (Å²) in [5.74, 6) is 6.25. The first-order valence-electron chi connectivity index (χ1n) is 4.89. The van der Waals surface area contributed by atoms with Gasteiger partial charge in [-0.05, 0) is 12.0 Å². The predicted molar refractivity (Wildman–Crippen MR) is 65.0 cm³/mol. The molecule has 2 aromatic rings. The molecule has 0 saturated carbocycles. The van der Waals surface area contributed by atoms with Gasteiger partial charge in [-0.25, -0.2) is 0 Å². The summed E-state index contributed by atoms with van der Waals surface area (Å²) in [6.45, 7) is 0. The van der Waals surface area contributed by atoms with Crippen LogP contribution in [-0.4, -0.2) is 21.0 Å². The van der Waals surface area contributed by atoms with E-state index < -0.39 is 4.92 Å². The van der Waals surface area contributed by atoms with Gasteiger partial charge < -0.3 is 0 Å². The van der Waals surface area contributed by atoms with E-state index >= 15 is 0 Å². The zero-order chi connectivity index (χ0) is 12.3. The van der Waals surface area contributed by atoms with Crippen molar-refractivity contribution in [1.29, 1.82) is 0 Å². The van der Waals surface area contributed by atoms with Crippen LogP contribution in [0.2, 0.25) is 0 Å². The molecular formula is C11H8ClN3O2. The van der Waals surface area contributed by atoms with Crippen molar-refractivity contribution in [1.82, 2.24) is 10.2 Å². The van der Waals surface area contributed by atoms with Gasteiger partial charge in [-0.1, -0.05) is 5.92 Å². The monoisotopic (exact) mass is 249 g/mol. The van der Waals surface area contributed by atoms with E-state index in [1.54, 1.807) is 6.07 Å². The van der Waals surface area contributed by atoms with Gasteiger partial charge in [0.25, 0.3) is 5.69 Å². The number of fused-ring (bicyclic) bond motifs is 1. The number of nitrogens with one attached hydrogen (secondary N) is 1. The van der Waals surface area contributed by atoms with Crippen LogP contribution in [0, 0.1) is 22.0 Å². The molecule has 0 aliphatic carbocycles. The van der Waals surface area contributed by atoms with Crippen molar-refractivity contribution in [3.8, 4) is 11.8 Å². The molecule has 0 spiro atoms. The number of nitrogens with zero attached hydrogens (tertiary/aromatic N) is 2. The van der Waals surface area contributed by atoms with E-state index in [0.29, 0.717) is 23.5 Å². The van der Waals surface area contributed by atoms with Crippen LogP contribution in [0.1, 0.15) is 12.1 Å². The van der Waals surface area contributed by atoms with Crippen LogP contribution in [0.3, 0.4) is 0 Å². The Morgan fingerprint density at radius 1 is 1.53 bits per heavy atom. The third-order valence-corrected chi connectivity index (χ3v) is 2.37. The fourth-order valence-corrected chi connectivity index (χ4v) is 1.50. The number of nitro benzene ring substituents is 1. The van der Waals surface area contributed by atoms with Crippen LogP contribution in [0.25, 0.3) is 10.9 Å². The van der Waals surface area contributed by atoms with E-state index in [2.05, 4.69) is 22.0 Å². The highest BCUT2D eigenvalue weighted by Crippen LogP contribution is 2.20. The highest BCUT2D eigenvalue weighted by atomic mass is 35.5. The molecule has 0 aliphatic rings. The molecule has 1 aromatic heterocycles. The summed E-state index contributed by atoms with van der Waals surface area (Å²) in [5.41, 5.74) is 1.21. The Balaban J connectivity index is 2.42. The molecule has 0 bridgehead atoms. The molecule has 0 atom stereocenters. The van der Waals surface area contributed by atoms with E-state index in [0.717, 1.165) is 5.39 Å². The maximum Gasteiger partial charge on any atom is 0.271 e. The molecular weight excluding hydrogens is 242 g/mol. The molecule has 2 rings (SSSR count). The third-order valence-electron chi connectivity index (χ3n) is 2.18. The molecule has 0 aliphatic heterocycles. The average molecular weight is 250 g/mol. The van der Waals surface area contributed by atoms with Crippen LogP contribution in [0.15, 0.2) is 18.2 Å². The summed E-state index contributed by atoms with van der Waals surface area (Å²) in [6.07, 6.45) is 0.592. The minimum absolute atomic E-state index is 0.0178. The van der Waals surface area contributed by atoms with Crippen LogP contribution >= 0.6 is 11.6 Å². The molecule has 1 aromatic carbocycles. The lowest BCUT2D eigenvalue weighted by Crippen LogP contribution is -1.86. The van der Waals surface area contributed by atoms with Gasteiger partial charge in [0.2, 0.25) is 0 Å². The van der Waals surface area contributed by atoms with Crippen LogP contribution in [0.5, 0.6) is 0 Å². The quantitative estimate of drug-likeness (QED) is 0.385. The minimum atomic E-state index is -0.451. The number of non-ortho nitro benzene ring substituents is 1. The van der Waals surface area contributed by atoms with Crippen molar-refractivity contribution in [2.24, 2.45) is 0 Å². The first-order valence-corrected chi connectivity index (χ1v) is 5.43. The van der Waals surface area contributed by atoms with Gasteiger partial charge in [-0.3, -0.25) is 15.2 Å². The van der Waals surface area contributed by atoms with Gasteiger partial charge in [0.1, 0.15) is 11.2 Å². The molecule has 0 fully saturated rings. The molecule has 86 valence electrons. The zero-order valence-corrected chi connectivity index (χ0v) is 9.49. The number of aromatic amines is 1. The molecule has 17 heavy (non-hydrogen) atoms. The molecule has 1 N–H and O–H groups in total. The molecule has 0 radical (unpaired) electrons. The Morgan fingerprint density at radius 2 is 2.35 bits per heavy atom. The number of H-pyrrole nitrogens is 1. The number of halogens is 1. The lowest BCUT2D eigenvalue weighted by Gasteiger charge is -1.90. The van der Waals surface area contributed by atoms with E-state index in [-0.39, 0.29) is 5.69 Å². The van der Waals surface area contributed by atoms with Gasteiger partial charge in [0.05, 0.1) is 4.92 Å². The first-order chi connectivity index (χ1) is 8.22. The van der Waals surface area contributed by atoms with Crippen LogP contribution < -0.4 is 0 Å². The SMILES string of the molecule is O=[N+]([O-])c1ccc2c(C#CCCCl)[nH]nc2c1. The lowest BCUT2D eigenvalue weighted by molar-refractivity contribution is -0.384. The second-order valence-corrected chi connectivity index (χ2v) is 3.68. The molecule has 0 saturated heterocycles. The van der Waals surface area contributed by atoms with Gasteiger partial charge in [-0.2, -0.15) is 5.10 Å². The Kier molecular flexibility index (Phi) is 3.26. The molecule has 0 amide bonds. The van der Waals surface area contributed by atoms with Crippen molar-refractivity contribution >= 4 is 28.2 Å². The van der Waals surface area contributed by atoms with E-state index in [9.17, 15) is 10.1 Å². The number of hydrogen-bond donors (Lipinski definition) is 1. The lowest BCUT2D eigenvalue weighted by atomic mass is 10.2. The summed E-state index contributed by atoms with van der Waals surface area (Å²) in [6, 6.07) is 4.49. The molecule has 0 unspecified atom stereocenters. The summed E-state index contributed by atoms with van der Waals surface area (Å²) in [5, 5.41) is 18.1. The maximum absolute atomic E-state index is 10.6. The number of hydrogen-bond acceptors (Lipinski definition) is 3. The van der Waals surface area contributed by atoms with Crippen molar-refractivity contribution < 1.29 is 4.92 Å². The standard InChI is InChI=1S/C11H8ClN3O2/c12-6-2-1-3-10-9-5-4-8(15(16)17)7-11(9)14-13-10/h4-5,7H,2,6H2,(H,13,14). The summed E-state index contributed by atoms with van der Waals surface area (Å²) < 4.78 is 0. The number of nitro groups is 1. The second kappa shape index (κ2) is 4.85. The Labute approximate surface area is 102 Å². The van der Waals surface area contributed by atoms with Gasteiger partial charge >= 0.3 is 0 Å². The predicted octanol–water partition coefficient (Wildman–Crippen LogP) is 2.45. The van der Waals surface area contributed by atoms with Gasteiger partial charge in [0.15, 0.2) is 0 Å². The maximum atomic E-state index is 10.6. The first kappa shape index (κ1) is 11.4. The number of rotatable bonds is 2. The summed E-state index contributed by atoms with van der Waals surface area (Å²) >= 11 is 5.51. The Bertz CT molecular complexity index is 624. The van der Waals surface area contributed by atoms with Crippen LogP contribution in [0.4, 0.5) is 5.69 Å². The fourth-order valence-electron chi connectivity index (χ4n) is 1.41. The summed E-state index contributed by atoms with van der Waals surface area (Å²) in [4.78, 5) is 10.1. The largest absolute Gasteiger partial charge is 0.271 e. The summed E-state index contributed by atoms with van der Waals surface area (Å²) in [7, 11) is 0. The molecule has 6 heteroatoms. The number of aromatic nitrogens is 2. The average Bonchev–Trinajstić information content (AvgIpc) is 2.72. The van der Waals surface area contributed by atoms with E-state index in [1.807, 2.05) is 0 Å². The van der Waals surface area contributed by atoms with Crippen molar-refractivity contribution in [2.75, 3.05) is 5.88 Å². The number of alkyl halides is 1.